The minimum Gasteiger partial charge on any atom is -0.444 e. The smallest absolute Gasteiger partial charge is 0.408 e. The monoisotopic (exact) mass is 266 g/mol. The molecule has 0 unspecified atom stereocenters. The average molecular weight is 266 g/mol. The first kappa shape index (κ1) is 15.3. The third-order valence-electron chi connectivity index (χ3n) is 2.52. The molecule has 0 aliphatic carbocycles. The Hall–Kier alpha value is -1.78. The van der Waals surface area contributed by atoms with Crippen LogP contribution in [-0.4, -0.2) is 28.5 Å². The molecule has 0 bridgehead atoms. The van der Waals surface area contributed by atoms with E-state index in [2.05, 4.69) is 10.3 Å². The van der Waals surface area contributed by atoms with Gasteiger partial charge in [-0.3, -0.25) is 4.79 Å². The normalized spacial score (nSPS) is 12.8. The Labute approximate surface area is 113 Å². The molecule has 0 fully saturated rings. The molecule has 1 aromatic heterocycles. The van der Waals surface area contributed by atoms with Crippen molar-refractivity contribution in [1.82, 2.24) is 10.3 Å². The maximum Gasteiger partial charge on any atom is 0.408 e. The zero-order valence-electron chi connectivity index (χ0n) is 11.9. The zero-order chi connectivity index (χ0) is 14.5. The second-order valence-electron chi connectivity index (χ2n) is 5.53. The molecular formula is C14H22N2O3. The number of aromatic amines is 1. The molecule has 0 aromatic carbocycles. The predicted octanol–water partition coefficient (Wildman–Crippen LogP) is 2.43. The largest absolute Gasteiger partial charge is 0.444 e. The van der Waals surface area contributed by atoms with Crippen LogP contribution in [0, 0.1) is 0 Å². The molecule has 1 amide bonds. The van der Waals surface area contributed by atoms with E-state index < -0.39 is 17.7 Å². The summed E-state index contributed by atoms with van der Waals surface area (Å²) in [5.74, 6) is -0.0135. The van der Waals surface area contributed by atoms with E-state index in [9.17, 15) is 9.59 Å². The van der Waals surface area contributed by atoms with Crippen LogP contribution in [0.3, 0.4) is 0 Å². The van der Waals surface area contributed by atoms with Gasteiger partial charge in [-0.25, -0.2) is 4.79 Å². The lowest BCUT2D eigenvalue weighted by Crippen LogP contribution is -2.41. The molecule has 1 aromatic rings. The van der Waals surface area contributed by atoms with Crippen LogP contribution in [-0.2, 0) is 16.0 Å². The summed E-state index contributed by atoms with van der Waals surface area (Å²) < 4.78 is 5.10. The Kier molecular flexibility index (Phi) is 5.15. The minimum absolute atomic E-state index is 0.0135. The number of hydrogen-bond donors (Lipinski definition) is 2. The molecule has 0 spiro atoms. The van der Waals surface area contributed by atoms with Crippen molar-refractivity contribution in [3.63, 3.8) is 0 Å². The number of rotatable bonds is 5. The molecule has 0 saturated heterocycles. The Morgan fingerprint density at radius 2 is 2.11 bits per heavy atom. The van der Waals surface area contributed by atoms with E-state index in [1.54, 1.807) is 27.7 Å². The Morgan fingerprint density at radius 1 is 1.42 bits per heavy atom. The predicted molar refractivity (Wildman–Crippen MR) is 73.0 cm³/mol. The highest BCUT2D eigenvalue weighted by Crippen LogP contribution is 2.07. The van der Waals surface area contributed by atoms with Crippen LogP contribution in [0.1, 0.15) is 39.8 Å². The molecule has 1 heterocycles. The van der Waals surface area contributed by atoms with Gasteiger partial charge in [-0.05, 0) is 46.2 Å². The number of alkyl carbamates (subject to hydrolysis) is 1. The second kappa shape index (κ2) is 6.41. The standard InChI is InChI=1S/C14H22N2O3/c1-10(16-13(18)19-14(2,3)4)12(17)8-7-11-6-5-9-15-11/h5-6,9-10,15H,7-8H2,1-4H3,(H,16,18)/t10-/m0/s1. The molecule has 2 N–H and O–H groups in total. The number of carbonyl (C=O) groups is 2. The number of ketones is 1. The third kappa shape index (κ3) is 6.08. The highest BCUT2D eigenvalue weighted by Gasteiger charge is 2.20. The minimum atomic E-state index is -0.562. The van der Waals surface area contributed by atoms with Crippen molar-refractivity contribution in [1.29, 1.82) is 0 Å². The molecule has 5 nitrogen and oxygen atoms in total. The summed E-state index contributed by atoms with van der Waals surface area (Å²) in [5, 5.41) is 2.55. The highest BCUT2D eigenvalue weighted by atomic mass is 16.6. The van der Waals surface area contributed by atoms with Crippen molar-refractivity contribution >= 4 is 11.9 Å². The average Bonchev–Trinajstić information content (AvgIpc) is 2.75. The fourth-order valence-electron chi connectivity index (χ4n) is 1.56. The van der Waals surface area contributed by atoms with Crippen LogP contribution in [0.5, 0.6) is 0 Å². The molecule has 0 aliphatic heterocycles. The number of carbonyl (C=O) groups excluding carboxylic acids is 2. The molecule has 106 valence electrons. The van der Waals surface area contributed by atoms with E-state index in [0.717, 1.165) is 5.69 Å². The van der Waals surface area contributed by atoms with Gasteiger partial charge in [0, 0.05) is 18.3 Å². The van der Waals surface area contributed by atoms with Crippen LogP contribution < -0.4 is 5.32 Å². The number of aryl methyl sites for hydroxylation is 1. The van der Waals surface area contributed by atoms with Gasteiger partial charge >= 0.3 is 6.09 Å². The molecule has 1 rings (SSSR count). The van der Waals surface area contributed by atoms with Gasteiger partial charge in [-0.2, -0.15) is 0 Å². The summed E-state index contributed by atoms with van der Waals surface area (Å²) >= 11 is 0. The molecule has 0 radical (unpaired) electrons. The van der Waals surface area contributed by atoms with Crippen molar-refractivity contribution < 1.29 is 14.3 Å². The lowest BCUT2D eigenvalue weighted by molar-refractivity contribution is -0.120. The van der Waals surface area contributed by atoms with Crippen LogP contribution in [0.2, 0.25) is 0 Å². The van der Waals surface area contributed by atoms with Gasteiger partial charge in [0.2, 0.25) is 0 Å². The summed E-state index contributed by atoms with van der Waals surface area (Å²) in [6, 6.07) is 3.28. The van der Waals surface area contributed by atoms with E-state index >= 15 is 0 Å². The number of aromatic nitrogens is 1. The van der Waals surface area contributed by atoms with Gasteiger partial charge < -0.3 is 15.0 Å². The highest BCUT2D eigenvalue weighted by molar-refractivity contribution is 5.87. The van der Waals surface area contributed by atoms with Crippen molar-refractivity contribution in [3.05, 3.63) is 24.0 Å². The number of nitrogens with one attached hydrogen (secondary N) is 2. The maximum atomic E-state index is 11.9. The second-order valence-corrected chi connectivity index (χ2v) is 5.53. The number of hydrogen-bond acceptors (Lipinski definition) is 3. The lowest BCUT2D eigenvalue weighted by atomic mass is 10.1. The van der Waals surface area contributed by atoms with E-state index in [-0.39, 0.29) is 5.78 Å². The van der Waals surface area contributed by atoms with Crippen molar-refractivity contribution in [3.8, 4) is 0 Å². The molecule has 0 saturated carbocycles. The fourth-order valence-corrected chi connectivity index (χ4v) is 1.56. The maximum absolute atomic E-state index is 11.9. The summed E-state index contributed by atoms with van der Waals surface area (Å²) in [6.07, 6.45) is 2.29. The summed E-state index contributed by atoms with van der Waals surface area (Å²) in [6.45, 7) is 7.01. The first-order valence-corrected chi connectivity index (χ1v) is 6.42. The fraction of sp³-hybridized carbons (Fsp3) is 0.571. The van der Waals surface area contributed by atoms with Gasteiger partial charge in [-0.1, -0.05) is 0 Å². The van der Waals surface area contributed by atoms with Crippen molar-refractivity contribution in [2.24, 2.45) is 0 Å². The van der Waals surface area contributed by atoms with E-state index in [1.165, 1.54) is 0 Å². The van der Waals surface area contributed by atoms with Gasteiger partial charge in [0.1, 0.15) is 5.60 Å². The van der Waals surface area contributed by atoms with Gasteiger partial charge in [0.05, 0.1) is 6.04 Å². The molecule has 0 aliphatic rings. The first-order valence-electron chi connectivity index (χ1n) is 6.42. The Bertz CT molecular complexity index is 418. The molecule has 1 atom stereocenters. The number of amides is 1. The van der Waals surface area contributed by atoms with E-state index in [0.29, 0.717) is 12.8 Å². The van der Waals surface area contributed by atoms with Crippen LogP contribution in [0.15, 0.2) is 18.3 Å². The summed E-state index contributed by atoms with van der Waals surface area (Å²) in [5.41, 5.74) is 0.453. The molecule has 19 heavy (non-hydrogen) atoms. The van der Waals surface area contributed by atoms with Crippen LogP contribution in [0.4, 0.5) is 4.79 Å². The van der Waals surface area contributed by atoms with Crippen LogP contribution in [0.25, 0.3) is 0 Å². The zero-order valence-corrected chi connectivity index (χ0v) is 11.9. The van der Waals surface area contributed by atoms with Gasteiger partial charge in [0.25, 0.3) is 0 Å². The van der Waals surface area contributed by atoms with Crippen LogP contribution >= 0.6 is 0 Å². The topological polar surface area (TPSA) is 71.2 Å². The summed E-state index contributed by atoms with van der Waals surface area (Å²) in [4.78, 5) is 26.4. The number of H-pyrrole nitrogens is 1. The Morgan fingerprint density at radius 3 is 2.63 bits per heavy atom. The SMILES string of the molecule is C[C@H](NC(=O)OC(C)(C)C)C(=O)CCc1ccc[nH]1. The van der Waals surface area contributed by atoms with Gasteiger partial charge in [0.15, 0.2) is 5.78 Å². The number of Topliss-reactive ketones (excluding diaryl/α,β-unsaturated/α-hetero) is 1. The first-order chi connectivity index (χ1) is 8.78. The van der Waals surface area contributed by atoms with Crippen molar-refractivity contribution in [2.45, 2.75) is 52.2 Å². The van der Waals surface area contributed by atoms with E-state index in [4.69, 9.17) is 4.74 Å². The van der Waals surface area contributed by atoms with Crippen molar-refractivity contribution in [2.75, 3.05) is 0 Å². The third-order valence-corrected chi connectivity index (χ3v) is 2.52. The summed E-state index contributed by atoms with van der Waals surface area (Å²) in [7, 11) is 0. The Balaban J connectivity index is 2.34. The van der Waals surface area contributed by atoms with E-state index in [1.807, 2.05) is 18.3 Å². The lowest BCUT2D eigenvalue weighted by Gasteiger charge is -2.21. The van der Waals surface area contributed by atoms with Gasteiger partial charge in [-0.15, -0.1) is 0 Å². The molecular weight excluding hydrogens is 244 g/mol. The number of ether oxygens (including phenoxy) is 1. The quantitative estimate of drug-likeness (QED) is 0.859. The molecule has 5 heteroatoms.